The normalized spacial score (nSPS) is 17.0. The minimum Gasteiger partial charge on any atom is -0.466 e. The summed E-state index contributed by atoms with van der Waals surface area (Å²) in [5, 5.41) is 2.80. The molecule has 6 nitrogen and oxygen atoms in total. The van der Waals surface area contributed by atoms with Gasteiger partial charge in [-0.25, -0.2) is 0 Å². The van der Waals surface area contributed by atoms with Gasteiger partial charge in [0.1, 0.15) is 0 Å². The molecule has 136 valence electrons. The minimum atomic E-state index is -0.245. The number of amides is 2. The van der Waals surface area contributed by atoms with Gasteiger partial charge in [-0.3, -0.25) is 14.4 Å². The molecule has 0 unspecified atom stereocenters. The first-order valence-electron chi connectivity index (χ1n) is 8.91. The number of hydrogen-bond donors (Lipinski definition) is 1. The van der Waals surface area contributed by atoms with E-state index in [-0.39, 0.29) is 23.7 Å². The number of rotatable bonds is 6. The molecule has 1 saturated heterocycles. The zero-order valence-corrected chi connectivity index (χ0v) is 14.9. The number of carbonyl (C=O) groups is 3. The van der Waals surface area contributed by atoms with E-state index in [1.165, 1.54) is 0 Å². The lowest BCUT2D eigenvalue weighted by atomic mass is 9.97. The molecule has 1 N–H and O–H groups in total. The van der Waals surface area contributed by atoms with Crippen LogP contribution in [0.15, 0.2) is 24.3 Å². The molecular weight excluding hydrogens is 320 g/mol. The molecule has 0 bridgehead atoms. The third kappa shape index (κ3) is 5.31. The Hall–Kier alpha value is -2.37. The van der Waals surface area contributed by atoms with Gasteiger partial charge in [0.15, 0.2) is 0 Å². The van der Waals surface area contributed by atoms with Crippen molar-refractivity contribution in [1.29, 1.82) is 0 Å². The van der Waals surface area contributed by atoms with Crippen LogP contribution in [-0.2, 0) is 14.3 Å². The van der Waals surface area contributed by atoms with Gasteiger partial charge in [-0.2, -0.15) is 0 Å². The first kappa shape index (κ1) is 19.0. The summed E-state index contributed by atoms with van der Waals surface area (Å²) in [6.07, 6.45) is 2.81. The zero-order chi connectivity index (χ0) is 18.2. The summed E-state index contributed by atoms with van der Waals surface area (Å²) in [5.41, 5.74) is 1.23. The summed E-state index contributed by atoms with van der Waals surface area (Å²) in [5.74, 6) is -0.602. The zero-order valence-electron chi connectivity index (χ0n) is 14.9. The van der Waals surface area contributed by atoms with Crippen LogP contribution in [0.5, 0.6) is 0 Å². The number of ether oxygens (including phenoxy) is 1. The predicted octanol–water partition coefficient (Wildman–Crippen LogP) is 2.84. The highest BCUT2D eigenvalue weighted by molar-refractivity contribution is 5.96. The number of carbonyl (C=O) groups excluding carboxylic acids is 3. The Morgan fingerprint density at radius 3 is 2.56 bits per heavy atom. The largest absolute Gasteiger partial charge is 0.466 e. The quantitative estimate of drug-likeness (QED) is 0.804. The first-order chi connectivity index (χ1) is 12.0. The van der Waals surface area contributed by atoms with E-state index >= 15 is 0 Å². The molecule has 0 radical (unpaired) electrons. The van der Waals surface area contributed by atoms with Crippen molar-refractivity contribution in [1.82, 2.24) is 4.90 Å². The Kier molecular flexibility index (Phi) is 6.98. The lowest BCUT2D eigenvalue weighted by Gasteiger charge is -2.31. The van der Waals surface area contributed by atoms with Gasteiger partial charge < -0.3 is 15.0 Å². The summed E-state index contributed by atoms with van der Waals surface area (Å²) in [7, 11) is 0. The van der Waals surface area contributed by atoms with Crippen LogP contribution in [0.4, 0.5) is 5.69 Å². The summed E-state index contributed by atoms with van der Waals surface area (Å²) in [6, 6.07) is 6.87. The van der Waals surface area contributed by atoms with Gasteiger partial charge in [-0.05, 0) is 50.5 Å². The van der Waals surface area contributed by atoms with Gasteiger partial charge >= 0.3 is 5.97 Å². The second-order valence-electron chi connectivity index (χ2n) is 6.22. The van der Waals surface area contributed by atoms with Gasteiger partial charge in [0.25, 0.3) is 5.91 Å². The van der Waals surface area contributed by atoms with Crippen LogP contribution in [0.25, 0.3) is 0 Å². The Bertz CT molecular complexity index is 612. The topological polar surface area (TPSA) is 75.7 Å². The number of nitrogens with one attached hydrogen (secondary N) is 1. The molecule has 0 aromatic heterocycles. The van der Waals surface area contributed by atoms with E-state index in [4.69, 9.17) is 4.74 Å². The van der Waals surface area contributed by atoms with Gasteiger partial charge in [-0.15, -0.1) is 0 Å². The highest BCUT2D eigenvalue weighted by atomic mass is 16.5. The Morgan fingerprint density at radius 1 is 1.20 bits per heavy atom. The molecule has 2 rings (SSSR count). The average molecular weight is 346 g/mol. The van der Waals surface area contributed by atoms with E-state index in [1.54, 1.807) is 36.1 Å². The van der Waals surface area contributed by atoms with Crippen LogP contribution in [0.2, 0.25) is 0 Å². The number of anilines is 1. The fourth-order valence-corrected chi connectivity index (χ4v) is 2.94. The van der Waals surface area contributed by atoms with E-state index in [9.17, 15) is 14.4 Å². The van der Waals surface area contributed by atoms with Crippen molar-refractivity contribution in [3.05, 3.63) is 29.8 Å². The molecule has 1 heterocycles. The maximum Gasteiger partial charge on any atom is 0.310 e. The Labute approximate surface area is 148 Å². The van der Waals surface area contributed by atoms with Crippen LogP contribution in [0, 0.1) is 5.92 Å². The lowest BCUT2D eigenvalue weighted by molar-refractivity contribution is -0.149. The third-order valence-corrected chi connectivity index (χ3v) is 4.22. The van der Waals surface area contributed by atoms with Crippen molar-refractivity contribution in [3.8, 4) is 0 Å². The molecular formula is C19H26N2O4. The molecule has 1 aliphatic heterocycles. The van der Waals surface area contributed by atoms with Crippen LogP contribution < -0.4 is 5.32 Å². The van der Waals surface area contributed by atoms with Gasteiger partial charge in [0.05, 0.1) is 12.5 Å². The SMILES string of the molecule is CCCC(=O)Nc1ccc(C(=O)N2CCC[C@H](C(=O)OCC)C2)cc1. The number of piperidine rings is 1. The smallest absolute Gasteiger partial charge is 0.310 e. The van der Waals surface area contributed by atoms with Crippen molar-refractivity contribution in [2.75, 3.05) is 25.0 Å². The summed E-state index contributed by atoms with van der Waals surface area (Å²) in [6.45, 7) is 5.12. The molecule has 0 saturated carbocycles. The molecule has 1 atom stereocenters. The fraction of sp³-hybridized carbons (Fsp3) is 0.526. The Morgan fingerprint density at radius 2 is 1.92 bits per heavy atom. The van der Waals surface area contributed by atoms with Gasteiger partial charge in [0, 0.05) is 30.8 Å². The van der Waals surface area contributed by atoms with Crippen LogP contribution in [-0.4, -0.2) is 42.4 Å². The molecule has 2 amide bonds. The third-order valence-electron chi connectivity index (χ3n) is 4.22. The number of esters is 1. The standard InChI is InChI=1S/C19H26N2O4/c1-3-6-17(22)20-16-10-8-14(9-11-16)18(23)21-12-5-7-15(13-21)19(24)25-4-2/h8-11,15H,3-7,12-13H2,1-2H3,(H,20,22)/t15-/m0/s1. The molecule has 25 heavy (non-hydrogen) atoms. The molecule has 1 aromatic rings. The second-order valence-corrected chi connectivity index (χ2v) is 6.22. The van der Waals surface area contributed by atoms with Crippen molar-refractivity contribution < 1.29 is 19.1 Å². The number of hydrogen-bond acceptors (Lipinski definition) is 4. The molecule has 0 spiro atoms. The highest BCUT2D eigenvalue weighted by Crippen LogP contribution is 2.20. The molecule has 0 aliphatic carbocycles. The summed E-state index contributed by atoms with van der Waals surface area (Å²) >= 11 is 0. The lowest BCUT2D eigenvalue weighted by Crippen LogP contribution is -2.42. The predicted molar refractivity (Wildman–Crippen MR) is 95.2 cm³/mol. The molecule has 6 heteroatoms. The summed E-state index contributed by atoms with van der Waals surface area (Å²) < 4.78 is 5.07. The van der Waals surface area contributed by atoms with E-state index in [0.717, 1.165) is 19.3 Å². The van der Waals surface area contributed by atoms with E-state index in [0.29, 0.717) is 37.4 Å². The molecule has 1 aromatic carbocycles. The second kappa shape index (κ2) is 9.20. The average Bonchev–Trinajstić information content (AvgIpc) is 2.62. The van der Waals surface area contributed by atoms with Crippen molar-refractivity contribution in [3.63, 3.8) is 0 Å². The number of nitrogens with zero attached hydrogens (tertiary/aromatic N) is 1. The van der Waals surface area contributed by atoms with E-state index < -0.39 is 0 Å². The van der Waals surface area contributed by atoms with Crippen LogP contribution >= 0.6 is 0 Å². The molecule has 1 aliphatic rings. The Balaban J connectivity index is 1.97. The molecule has 1 fully saturated rings. The first-order valence-corrected chi connectivity index (χ1v) is 8.91. The van der Waals surface area contributed by atoms with Gasteiger partial charge in [-0.1, -0.05) is 6.92 Å². The maximum absolute atomic E-state index is 12.6. The fourth-order valence-electron chi connectivity index (χ4n) is 2.94. The monoisotopic (exact) mass is 346 g/mol. The van der Waals surface area contributed by atoms with Gasteiger partial charge in [0.2, 0.25) is 5.91 Å². The van der Waals surface area contributed by atoms with Crippen molar-refractivity contribution in [2.24, 2.45) is 5.92 Å². The maximum atomic E-state index is 12.6. The summed E-state index contributed by atoms with van der Waals surface area (Å²) in [4.78, 5) is 37.9. The van der Waals surface area contributed by atoms with Crippen LogP contribution in [0.3, 0.4) is 0 Å². The number of benzene rings is 1. The van der Waals surface area contributed by atoms with E-state index in [1.807, 2.05) is 6.92 Å². The minimum absolute atomic E-state index is 0.0325. The highest BCUT2D eigenvalue weighted by Gasteiger charge is 2.29. The van der Waals surface area contributed by atoms with Crippen LogP contribution in [0.1, 0.15) is 49.9 Å². The van der Waals surface area contributed by atoms with Crippen molar-refractivity contribution >= 4 is 23.5 Å². The van der Waals surface area contributed by atoms with E-state index in [2.05, 4.69) is 5.32 Å². The number of likely N-dealkylation sites (tertiary alicyclic amines) is 1. The van der Waals surface area contributed by atoms with Crippen molar-refractivity contribution in [2.45, 2.75) is 39.5 Å².